The Hall–Kier alpha value is -2.62. The predicted molar refractivity (Wildman–Crippen MR) is 134 cm³/mol. The summed E-state index contributed by atoms with van der Waals surface area (Å²) in [7, 11) is 0. The number of hydrogen-bond acceptors (Lipinski definition) is 2. The zero-order chi connectivity index (χ0) is 23.5. The van der Waals surface area contributed by atoms with Crippen molar-refractivity contribution >= 4 is 11.8 Å². The molecule has 2 aromatic rings. The summed E-state index contributed by atoms with van der Waals surface area (Å²) < 4.78 is 0. The van der Waals surface area contributed by atoms with Gasteiger partial charge in [0.2, 0.25) is 0 Å². The molecule has 2 fully saturated rings. The molecular weight excluding hydrogens is 408 g/mol. The average molecular weight is 447 g/mol. The van der Waals surface area contributed by atoms with E-state index >= 15 is 0 Å². The number of hydrogen-bond donors (Lipinski definition) is 2. The molecule has 2 aromatic carbocycles. The van der Waals surface area contributed by atoms with E-state index in [1.165, 1.54) is 30.4 Å². The van der Waals surface area contributed by atoms with Crippen molar-refractivity contribution in [3.8, 4) is 0 Å². The van der Waals surface area contributed by atoms with Crippen LogP contribution in [0.2, 0.25) is 0 Å². The summed E-state index contributed by atoms with van der Waals surface area (Å²) in [6, 6.07) is 11.8. The topological polar surface area (TPSA) is 58.2 Å². The molecule has 0 radical (unpaired) electrons. The van der Waals surface area contributed by atoms with Crippen LogP contribution < -0.4 is 10.6 Å². The van der Waals surface area contributed by atoms with Gasteiger partial charge in [0.05, 0.1) is 0 Å². The number of aryl methyl sites for hydroxylation is 4. The van der Waals surface area contributed by atoms with Crippen LogP contribution in [0.15, 0.2) is 36.4 Å². The van der Waals surface area contributed by atoms with Crippen LogP contribution in [0.3, 0.4) is 0 Å². The fraction of sp³-hybridized carbons (Fsp3) is 0.517. The van der Waals surface area contributed by atoms with Gasteiger partial charge in [-0.05, 0) is 130 Å². The zero-order valence-electron chi connectivity index (χ0n) is 20.5. The van der Waals surface area contributed by atoms with Gasteiger partial charge in [0.1, 0.15) is 0 Å². The number of carbonyl (C=O) groups is 2. The first-order valence-electron chi connectivity index (χ1n) is 12.5. The summed E-state index contributed by atoms with van der Waals surface area (Å²) in [5.41, 5.74) is 6.25. The molecule has 4 unspecified atom stereocenters. The molecule has 4 atom stereocenters. The van der Waals surface area contributed by atoms with Crippen molar-refractivity contribution in [1.29, 1.82) is 0 Å². The van der Waals surface area contributed by atoms with Gasteiger partial charge in [0.25, 0.3) is 11.8 Å². The van der Waals surface area contributed by atoms with Gasteiger partial charge in [-0.2, -0.15) is 0 Å². The molecule has 2 saturated carbocycles. The van der Waals surface area contributed by atoms with E-state index in [1.807, 2.05) is 50.2 Å². The molecule has 0 heterocycles. The molecule has 2 amide bonds. The van der Waals surface area contributed by atoms with Crippen LogP contribution in [0.1, 0.15) is 75.1 Å². The van der Waals surface area contributed by atoms with Crippen molar-refractivity contribution < 1.29 is 9.59 Å². The van der Waals surface area contributed by atoms with E-state index in [4.69, 9.17) is 0 Å². The first kappa shape index (κ1) is 23.5. The number of nitrogens with one attached hydrogen (secondary N) is 2. The fourth-order valence-corrected chi connectivity index (χ4v) is 6.10. The lowest BCUT2D eigenvalue weighted by Crippen LogP contribution is -2.28. The third kappa shape index (κ3) is 5.31. The molecule has 33 heavy (non-hydrogen) atoms. The Morgan fingerprint density at radius 2 is 1.30 bits per heavy atom. The van der Waals surface area contributed by atoms with Crippen LogP contribution in [0, 0.1) is 51.4 Å². The average Bonchev–Trinajstić information content (AvgIpc) is 3.34. The van der Waals surface area contributed by atoms with E-state index < -0.39 is 0 Å². The number of fused-ring (bicyclic) bond motifs is 2. The molecule has 0 aliphatic heterocycles. The maximum absolute atomic E-state index is 12.5. The van der Waals surface area contributed by atoms with Crippen LogP contribution in [-0.4, -0.2) is 24.9 Å². The fourth-order valence-electron chi connectivity index (χ4n) is 6.10. The highest BCUT2D eigenvalue weighted by Crippen LogP contribution is 2.54. The highest BCUT2D eigenvalue weighted by molar-refractivity contribution is 5.94. The van der Waals surface area contributed by atoms with Gasteiger partial charge in [0, 0.05) is 24.2 Å². The largest absolute Gasteiger partial charge is 0.352 e. The molecule has 2 N–H and O–H groups in total. The van der Waals surface area contributed by atoms with E-state index in [2.05, 4.69) is 24.5 Å². The van der Waals surface area contributed by atoms with Crippen LogP contribution in [0.4, 0.5) is 0 Å². The lowest BCUT2D eigenvalue weighted by atomic mass is 9.85. The van der Waals surface area contributed by atoms with Crippen molar-refractivity contribution in [3.63, 3.8) is 0 Å². The summed E-state index contributed by atoms with van der Waals surface area (Å²) in [4.78, 5) is 25.1. The third-order valence-electron chi connectivity index (χ3n) is 8.34. The van der Waals surface area contributed by atoms with Gasteiger partial charge in [-0.1, -0.05) is 12.1 Å². The first-order chi connectivity index (χ1) is 15.8. The number of benzene rings is 2. The summed E-state index contributed by atoms with van der Waals surface area (Å²) >= 11 is 0. The molecule has 0 saturated heterocycles. The van der Waals surface area contributed by atoms with Crippen LogP contribution in [0.5, 0.6) is 0 Å². The summed E-state index contributed by atoms with van der Waals surface area (Å²) in [5.74, 6) is 3.01. The van der Waals surface area contributed by atoms with Gasteiger partial charge in [-0.25, -0.2) is 0 Å². The molecule has 0 spiro atoms. The second kappa shape index (κ2) is 10.1. The van der Waals surface area contributed by atoms with Crippen LogP contribution in [0.25, 0.3) is 0 Å². The van der Waals surface area contributed by atoms with Gasteiger partial charge >= 0.3 is 0 Å². The molecular formula is C29H38N2O2. The summed E-state index contributed by atoms with van der Waals surface area (Å²) in [6.07, 6.45) is 6.03. The number of amides is 2. The molecule has 0 aromatic heterocycles. The minimum Gasteiger partial charge on any atom is -0.352 e. The molecule has 4 rings (SSSR count). The van der Waals surface area contributed by atoms with Crippen LogP contribution in [-0.2, 0) is 0 Å². The zero-order valence-corrected chi connectivity index (χ0v) is 20.5. The Kier molecular flexibility index (Phi) is 7.21. The predicted octanol–water partition coefficient (Wildman–Crippen LogP) is 5.52. The minimum absolute atomic E-state index is 0.0341. The number of carbonyl (C=O) groups excluding carboxylic acids is 2. The van der Waals surface area contributed by atoms with Crippen molar-refractivity contribution in [2.75, 3.05) is 13.1 Å². The Labute approximate surface area is 198 Å². The van der Waals surface area contributed by atoms with Crippen molar-refractivity contribution in [1.82, 2.24) is 10.6 Å². The maximum atomic E-state index is 12.5. The van der Waals surface area contributed by atoms with Crippen molar-refractivity contribution in [2.24, 2.45) is 23.7 Å². The third-order valence-corrected chi connectivity index (χ3v) is 8.34. The van der Waals surface area contributed by atoms with Gasteiger partial charge in [-0.3, -0.25) is 9.59 Å². The smallest absolute Gasteiger partial charge is 0.251 e. The van der Waals surface area contributed by atoms with Crippen molar-refractivity contribution in [3.05, 3.63) is 69.8 Å². The monoisotopic (exact) mass is 446 g/mol. The summed E-state index contributed by atoms with van der Waals surface area (Å²) in [6.45, 7) is 9.73. The molecule has 2 bridgehead atoms. The standard InChI is InChI=1S/C29H38N2O2/c1-18-5-7-24(15-20(18)3)28(32)30-13-11-23-17-22-9-10-26(23)27(22)12-14-31-29(33)25-8-6-19(2)21(4)16-25/h5-8,15-16,22-23,26-27H,9-14,17H2,1-4H3,(H,30,32)(H,31,33). The molecule has 2 aliphatic carbocycles. The van der Waals surface area contributed by atoms with E-state index in [0.29, 0.717) is 11.8 Å². The highest BCUT2D eigenvalue weighted by Gasteiger charge is 2.46. The Morgan fingerprint density at radius 1 is 0.758 bits per heavy atom. The lowest BCUT2D eigenvalue weighted by molar-refractivity contribution is 0.0943. The Balaban J connectivity index is 1.22. The van der Waals surface area contributed by atoms with Gasteiger partial charge in [0.15, 0.2) is 0 Å². The molecule has 176 valence electrons. The van der Waals surface area contributed by atoms with Crippen LogP contribution >= 0.6 is 0 Å². The van der Waals surface area contributed by atoms with Gasteiger partial charge < -0.3 is 10.6 Å². The first-order valence-corrected chi connectivity index (χ1v) is 12.5. The Bertz CT molecular complexity index is 1030. The second-order valence-electron chi connectivity index (χ2n) is 10.3. The van der Waals surface area contributed by atoms with Crippen molar-refractivity contribution in [2.45, 2.75) is 59.8 Å². The van der Waals surface area contributed by atoms with E-state index in [9.17, 15) is 9.59 Å². The summed E-state index contributed by atoms with van der Waals surface area (Å²) in [5, 5.41) is 6.28. The maximum Gasteiger partial charge on any atom is 0.251 e. The van der Waals surface area contributed by atoms with E-state index in [-0.39, 0.29) is 11.8 Å². The SMILES string of the molecule is Cc1ccc(C(=O)NCCC2CC3CCC2C3CCNC(=O)c2ccc(C)c(C)c2)cc1C. The molecule has 2 aliphatic rings. The number of rotatable bonds is 8. The van der Waals surface area contributed by atoms with Gasteiger partial charge in [-0.15, -0.1) is 0 Å². The Morgan fingerprint density at radius 3 is 1.85 bits per heavy atom. The highest BCUT2D eigenvalue weighted by atomic mass is 16.2. The van der Waals surface area contributed by atoms with E-state index in [0.717, 1.165) is 60.0 Å². The quantitative estimate of drug-likeness (QED) is 0.561. The molecule has 4 nitrogen and oxygen atoms in total. The van der Waals surface area contributed by atoms with E-state index in [1.54, 1.807) is 0 Å². The normalized spacial score (nSPS) is 23.5. The molecule has 4 heteroatoms. The second-order valence-corrected chi connectivity index (χ2v) is 10.3. The minimum atomic E-state index is 0.0341. The lowest BCUT2D eigenvalue weighted by Gasteiger charge is -2.22.